The summed E-state index contributed by atoms with van der Waals surface area (Å²) in [6, 6.07) is 8.48. The van der Waals surface area contributed by atoms with Gasteiger partial charge in [-0.1, -0.05) is 55.1 Å². The van der Waals surface area contributed by atoms with E-state index < -0.39 is 0 Å². The van der Waals surface area contributed by atoms with Gasteiger partial charge >= 0.3 is 0 Å². The maximum absolute atomic E-state index is 6.28. The quantitative estimate of drug-likeness (QED) is 0.708. The van der Waals surface area contributed by atoms with Crippen LogP contribution in [0.25, 0.3) is 5.76 Å². The van der Waals surface area contributed by atoms with E-state index in [9.17, 15) is 0 Å². The third kappa shape index (κ3) is 2.52. The van der Waals surface area contributed by atoms with Crippen LogP contribution in [0.3, 0.4) is 0 Å². The molecule has 0 bridgehead atoms. The number of hydrogen-bond donors (Lipinski definition) is 0. The van der Waals surface area contributed by atoms with Gasteiger partial charge in [0, 0.05) is 12.0 Å². The molecule has 106 valence electrons. The van der Waals surface area contributed by atoms with Crippen molar-refractivity contribution in [3.8, 4) is 0 Å². The fourth-order valence-corrected chi connectivity index (χ4v) is 2.91. The first-order valence-corrected chi connectivity index (χ1v) is 7.38. The van der Waals surface area contributed by atoms with Crippen LogP contribution < -0.4 is 0 Å². The van der Waals surface area contributed by atoms with Crippen LogP contribution in [-0.4, -0.2) is 0 Å². The Hall–Kier alpha value is -2.28. The van der Waals surface area contributed by atoms with Gasteiger partial charge in [-0.05, 0) is 42.6 Å². The summed E-state index contributed by atoms with van der Waals surface area (Å²) in [5, 5.41) is 0. The van der Waals surface area contributed by atoms with Crippen LogP contribution in [0.15, 0.2) is 77.6 Å². The van der Waals surface area contributed by atoms with Crippen LogP contribution in [-0.2, 0) is 11.2 Å². The van der Waals surface area contributed by atoms with Gasteiger partial charge in [0.15, 0.2) is 0 Å². The summed E-state index contributed by atoms with van der Waals surface area (Å²) in [6.07, 6.45) is 10.5. The van der Waals surface area contributed by atoms with E-state index in [0.717, 1.165) is 29.9 Å². The standard InChI is InChI=1S/C20H20O/c1-4-8-16-13-17-11-7-10-15-9-5-6-12-18(15)20(17)21-19(16)14(2)3/h4-9,11-12H,2,10,13H2,1,3H3/b8-4-. The molecule has 2 aliphatic rings. The molecule has 0 atom stereocenters. The van der Waals surface area contributed by atoms with Gasteiger partial charge in [-0.15, -0.1) is 0 Å². The Labute approximate surface area is 126 Å². The normalized spacial score (nSPS) is 17.4. The summed E-state index contributed by atoms with van der Waals surface area (Å²) in [5.74, 6) is 1.91. The Bertz CT molecular complexity index is 711. The molecule has 1 heteroatoms. The minimum atomic E-state index is 0.896. The van der Waals surface area contributed by atoms with Gasteiger partial charge in [-0.2, -0.15) is 0 Å². The van der Waals surface area contributed by atoms with Gasteiger partial charge in [0.1, 0.15) is 11.5 Å². The molecular formula is C20H20O. The van der Waals surface area contributed by atoms with E-state index >= 15 is 0 Å². The summed E-state index contributed by atoms with van der Waals surface area (Å²) in [7, 11) is 0. The summed E-state index contributed by atoms with van der Waals surface area (Å²) in [6.45, 7) is 8.11. The first-order chi connectivity index (χ1) is 10.2. The second-order valence-electron chi connectivity index (χ2n) is 5.53. The molecule has 1 aromatic carbocycles. The van der Waals surface area contributed by atoms with E-state index in [1.165, 1.54) is 22.3 Å². The highest BCUT2D eigenvalue weighted by Gasteiger charge is 2.24. The summed E-state index contributed by atoms with van der Waals surface area (Å²) in [5.41, 5.74) is 5.94. The monoisotopic (exact) mass is 276 g/mol. The van der Waals surface area contributed by atoms with Crippen molar-refractivity contribution in [2.24, 2.45) is 0 Å². The highest BCUT2D eigenvalue weighted by Crippen LogP contribution is 2.39. The molecule has 1 nitrogen and oxygen atoms in total. The number of ether oxygens (including phenoxy) is 1. The van der Waals surface area contributed by atoms with Crippen LogP contribution in [0, 0.1) is 0 Å². The number of hydrogen-bond acceptors (Lipinski definition) is 1. The Kier molecular flexibility index (Phi) is 3.66. The predicted octanol–water partition coefficient (Wildman–Crippen LogP) is 5.34. The smallest absolute Gasteiger partial charge is 0.138 e. The lowest BCUT2D eigenvalue weighted by Crippen LogP contribution is -2.07. The Morgan fingerprint density at radius 1 is 1.29 bits per heavy atom. The molecule has 0 saturated heterocycles. The van der Waals surface area contributed by atoms with Gasteiger partial charge < -0.3 is 4.74 Å². The zero-order valence-corrected chi connectivity index (χ0v) is 12.6. The van der Waals surface area contributed by atoms with Crippen LogP contribution in [0.1, 0.15) is 31.4 Å². The van der Waals surface area contributed by atoms with Gasteiger partial charge in [0.05, 0.1) is 0 Å². The number of fused-ring (bicyclic) bond motifs is 2. The molecule has 0 fully saturated rings. The molecule has 21 heavy (non-hydrogen) atoms. The molecule has 0 saturated carbocycles. The second kappa shape index (κ2) is 5.61. The largest absolute Gasteiger partial charge is 0.456 e. The second-order valence-corrected chi connectivity index (χ2v) is 5.53. The SMILES string of the molecule is C=C(C)C1=C(/C=C\C)CC2=C(O1)c1ccccc1CC=C2. The molecule has 0 spiro atoms. The Morgan fingerprint density at radius 3 is 2.86 bits per heavy atom. The van der Waals surface area contributed by atoms with Crippen LogP contribution >= 0.6 is 0 Å². The van der Waals surface area contributed by atoms with Crippen molar-refractivity contribution in [3.63, 3.8) is 0 Å². The molecule has 0 unspecified atom stereocenters. The molecular weight excluding hydrogens is 256 g/mol. The Balaban J connectivity index is 2.11. The Morgan fingerprint density at radius 2 is 2.10 bits per heavy atom. The van der Waals surface area contributed by atoms with Crippen molar-refractivity contribution >= 4 is 5.76 Å². The molecule has 1 aliphatic heterocycles. The zero-order valence-electron chi connectivity index (χ0n) is 12.6. The molecule has 0 N–H and O–H groups in total. The lowest BCUT2D eigenvalue weighted by molar-refractivity contribution is 0.376. The third-order valence-corrected chi connectivity index (χ3v) is 3.84. The van der Waals surface area contributed by atoms with Gasteiger partial charge in [0.25, 0.3) is 0 Å². The third-order valence-electron chi connectivity index (χ3n) is 3.84. The summed E-state index contributed by atoms with van der Waals surface area (Å²) in [4.78, 5) is 0. The van der Waals surface area contributed by atoms with E-state index in [2.05, 4.69) is 55.1 Å². The lowest BCUT2D eigenvalue weighted by Gasteiger charge is -2.24. The van der Waals surface area contributed by atoms with Crippen molar-refractivity contribution in [2.75, 3.05) is 0 Å². The maximum Gasteiger partial charge on any atom is 0.138 e. The molecule has 0 amide bonds. The molecule has 0 aromatic heterocycles. The van der Waals surface area contributed by atoms with E-state index in [1.807, 2.05) is 13.8 Å². The van der Waals surface area contributed by atoms with E-state index in [4.69, 9.17) is 4.74 Å². The molecule has 1 heterocycles. The molecule has 0 radical (unpaired) electrons. The van der Waals surface area contributed by atoms with Crippen LogP contribution in [0.5, 0.6) is 0 Å². The van der Waals surface area contributed by atoms with Gasteiger partial charge in [0.2, 0.25) is 0 Å². The van der Waals surface area contributed by atoms with Crippen molar-refractivity contribution in [2.45, 2.75) is 26.7 Å². The van der Waals surface area contributed by atoms with E-state index in [0.29, 0.717) is 0 Å². The number of allylic oxidation sites excluding steroid dienone is 7. The zero-order chi connectivity index (χ0) is 14.8. The van der Waals surface area contributed by atoms with Crippen LogP contribution in [0.2, 0.25) is 0 Å². The summed E-state index contributed by atoms with van der Waals surface area (Å²) >= 11 is 0. The first-order valence-electron chi connectivity index (χ1n) is 7.38. The van der Waals surface area contributed by atoms with Crippen molar-refractivity contribution < 1.29 is 4.74 Å². The van der Waals surface area contributed by atoms with Crippen molar-refractivity contribution in [1.82, 2.24) is 0 Å². The van der Waals surface area contributed by atoms with Crippen molar-refractivity contribution in [3.05, 3.63) is 88.8 Å². The average Bonchev–Trinajstić information content (AvgIpc) is 2.65. The molecule has 1 aliphatic carbocycles. The summed E-state index contributed by atoms with van der Waals surface area (Å²) < 4.78 is 6.28. The van der Waals surface area contributed by atoms with E-state index in [-0.39, 0.29) is 0 Å². The molecule has 3 rings (SSSR count). The average molecular weight is 276 g/mol. The lowest BCUT2D eigenvalue weighted by atomic mass is 9.95. The topological polar surface area (TPSA) is 9.23 Å². The van der Waals surface area contributed by atoms with Gasteiger partial charge in [-0.3, -0.25) is 0 Å². The van der Waals surface area contributed by atoms with Crippen LogP contribution in [0.4, 0.5) is 0 Å². The minimum absolute atomic E-state index is 0.896. The number of benzene rings is 1. The van der Waals surface area contributed by atoms with Crippen molar-refractivity contribution in [1.29, 1.82) is 0 Å². The minimum Gasteiger partial charge on any atom is -0.456 e. The number of rotatable bonds is 2. The fourth-order valence-electron chi connectivity index (χ4n) is 2.91. The highest BCUT2D eigenvalue weighted by molar-refractivity contribution is 5.73. The first kappa shape index (κ1) is 13.7. The molecule has 1 aromatic rings. The maximum atomic E-state index is 6.28. The van der Waals surface area contributed by atoms with Gasteiger partial charge in [-0.25, -0.2) is 0 Å². The fraction of sp³-hybridized carbons (Fsp3) is 0.200. The van der Waals surface area contributed by atoms with E-state index in [1.54, 1.807) is 0 Å². The predicted molar refractivity (Wildman–Crippen MR) is 88.6 cm³/mol. The highest BCUT2D eigenvalue weighted by atomic mass is 16.5.